The Labute approximate surface area is 181 Å². The van der Waals surface area contributed by atoms with E-state index >= 15 is 0 Å². The summed E-state index contributed by atoms with van der Waals surface area (Å²) in [4.78, 5) is 14.5. The van der Waals surface area contributed by atoms with Crippen molar-refractivity contribution in [3.8, 4) is 11.1 Å². The van der Waals surface area contributed by atoms with Crippen LogP contribution in [0.3, 0.4) is 0 Å². The molecule has 2 aromatic carbocycles. The van der Waals surface area contributed by atoms with E-state index in [1.54, 1.807) is 17.0 Å². The summed E-state index contributed by atoms with van der Waals surface area (Å²) < 4.78 is 33.0. The number of carbonyl (C=O) groups is 1. The first-order valence-corrected chi connectivity index (χ1v) is 10.5. The fourth-order valence-electron chi connectivity index (χ4n) is 4.13. The molecule has 1 saturated heterocycles. The standard InChI is InChI=1S/C24H29F2NO4/c1-15(2)24(13-20(29)14-28)10-11-27(23(30)31-24)16(3)17-4-6-18(7-5-17)21-9-8-19(25)12-22(21)26/h4-9,12,15-16,20,28-29H,10-11,13-14H2,1-3H3. The second-order valence-corrected chi connectivity index (χ2v) is 8.49. The van der Waals surface area contributed by atoms with Crippen LogP contribution in [0.4, 0.5) is 13.6 Å². The molecule has 0 aliphatic carbocycles. The minimum atomic E-state index is -0.946. The Balaban J connectivity index is 1.74. The van der Waals surface area contributed by atoms with Gasteiger partial charge >= 0.3 is 6.09 Å². The number of aliphatic hydroxyl groups is 2. The molecule has 1 heterocycles. The number of carbonyl (C=O) groups excluding carboxylic acids is 1. The lowest BCUT2D eigenvalue weighted by molar-refractivity contribution is -0.108. The minimum absolute atomic E-state index is 0.0139. The van der Waals surface area contributed by atoms with E-state index in [9.17, 15) is 23.8 Å². The van der Waals surface area contributed by atoms with Crippen molar-refractivity contribution in [1.29, 1.82) is 0 Å². The van der Waals surface area contributed by atoms with Crippen molar-refractivity contribution in [3.05, 3.63) is 59.7 Å². The fourth-order valence-corrected chi connectivity index (χ4v) is 4.13. The van der Waals surface area contributed by atoms with Gasteiger partial charge in [-0.1, -0.05) is 38.1 Å². The molecule has 168 valence electrons. The lowest BCUT2D eigenvalue weighted by atomic mass is 9.81. The average molecular weight is 433 g/mol. The largest absolute Gasteiger partial charge is 0.442 e. The lowest BCUT2D eigenvalue weighted by Gasteiger charge is -2.46. The molecular weight excluding hydrogens is 404 g/mol. The van der Waals surface area contributed by atoms with E-state index in [0.717, 1.165) is 11.6 Å². The molecular formula is C24H29F2NO4. The molecule has 7 heteroatoms. The first-order valence-electron chi connectivity index (χ1n) is 10.5. The van der Waals surface area contributed by atoms with Crippen molar-refractivity contribution >= 4 is 6.09 Å². The Morgan fingerprint density at radius 2 is 1.81 bits per heavy atom. The lowest BCUT2D eigenvalue weighted by Crippen LogP contribution is -2.54. The van der Waals surface area contributed by atoms with Gasteiger partial charge in [0.25, 0.3) is 0 Å². The second kappa shape index (κ2) is 9.32. The van der Waals surface area contributed by atoms with Gasteiger partial charge in [-0.3, -0.25) is 0 Å². The number of rotatable bonds is 7. The highest BCUT2D eigenvalue weighted by molar-refractivity contribution is 5.70. The first-order chi connectivity index (χ1) is 14.7. The van der Waals surface area contributed by atoms with Gasteiger partial charge in [-0.25, -0.2) is 13.6 Å². The summed E-state index contributed by atoms with van der Waals surface area (Å²) in [6.07, 6.45) is -0.686. The SMILES string of the molecule is CC(c1ccc(-c2ccc(F)cc2F)cc1)N1CCC(CC(O)CO)(C(C)C)OC1=O. The quantitative estimate of drug-likeness (QED) is 0.666. The number of amides is 1. The molecule has 1 amide bonds. The normalized spacial score (nSPS) is 21.2. The number of nitrogens with zero attached hydrogens (tertiary/aromatic N) is 1. The van der Waals surface area contributed by atoms with Crippen LogP contribution in [-0.4, -0.2) is 46.1 Å². The van der Waals surface area contributed by atoms with Crippen LogP contribution in [0.25, 0.3) is 11.1 Å². The maximum Gasteiger partial charge on any atom is 0.410 e. The zero-order valence-electron chi connectivity index (χ0n) is 18.0. The number of ether oxygens (including phenoxy) is 1. The second-order valence-electron chi connectivity index (χ2n) is 8.49. The Kier molecular flexibility index (Phi) is 6.96. The summed E-state index contributed by atoms with van der Waals surface area (Å²) in [7, 11) is 0. The smallest absolute Gasteiger partial charge is 0.410 e. The zero-order valence-corrected chi connectivity index (χ0v) is 18.0. The molecule has 3 atom stereocenters. The molecule has 1 aliphatic rings. The van der Waals surface area contributed by atoms with E-state index in [-0.39, 0.29) is 25.0 Å². The van der Waals surface area contributed by atoms with Gasteiger partial charge in [0, 0.05) is 31.0 Å². The van der Waals surface area contributed by atoms with Crippen LogP contribution < -0.4 is 0 Å². The fraction of sp³-hybridized carbons (Fsp3) is 0.458. The topological polar surface area (TPSA) is 70.0 Å². The van der Waals surface area contributed by atoms with Gasteiger partial charge < -0.3 is 19.8 Å². The summed E-state index contributed by atoms with van der Waals surface area (Å²) in [5.41, 5.74) is 0.962. The molecule has 0 bridgehead atoms. The number of halogens is 2. The predicted octanol–water partition coefficient (Wildman–Crippen LogP) is 4.67. The van der Waals surface area contributed by atoms with E-state index in [1.165, 1.54) is 12.1 Å². The molecule has 0 aromatic heterocycles. The van der Waals surface area contributed by atoms with E-state index < -0.39 is 29.4 Å². The number of aliphatic hydroxyl groups excluding tert-OH is 2. The summed E-state index contributed by atoms with van der Waals surface area (Å²) in [5, 5.41) is 19.1. The Bertz CT molecular complexity index is 918. The van der Waals surface area contributed by atoms with E-state index in [1.807, 2.05) is 32.9 Å². The number of hydrogen-bond acceptors (Lipinski definition) is 4. The van der Waals surface area contributed by atoms with Crippen molar-refractivity contribution in [2.45, 2.75) is 51.4 Å². The van der Waals surface area contributed by atoms with Crippen LogP contribution in [0, 0.1) is 17.6 Å². The molecule has 3 unspecified atom stereocenters. The number of hydrogen-bond donors (Lipinski definition) is 2. The van der Waals surface area contributed by atoms with Gasteiger partial charge in [0.15, 0.2) is 0 Å². The van der Waals surface area contributed by atoms with Crippen molar-refractivity contribution < 1.29 is 28.5 Å². The van der Waals surface area contributed by atoms with Crippen molar-refractivity contribution in [1.82, 2.24) is 4.90 Å². The minimum Gasteiger partial charge on any atom is -0.442 e. The molecule has 1 fully saturated rings. The summed E-state index contributed by atoms with van der Waals surface area (Å²) >= 11 is 0. The van der Waals surface area contributed by atoms with Crippen LogP contribution in [0.2, 0.25) is 0 Å². The highest BCUT2D eigenvalue weighted by Gasteiger charge is 2.45. The molecule has 0 radical (unpaired) electrons. The van der Waals surface area contributed by atoms with Gasteiger partial charge in [-0.05, 0) is 36.1 Å². The maximum absolute atomic E-state index is 14.0. The average Bonchev–Trinajstić information content (AvgIpc) is 2.73. The summed E-state index contributed by atoms with van der Waals surface area (Å²) in [6, 6.07) is 10.3. The monoisotopic (exact) mass is 433 g/mol. The summed E-state index contributed by atoms with van der Waals surface area (Å²) in [6.45, 7) is 5.82. The molecule has 31 heavy (non-hydrogen) atoms. The van der Waals surface area contributed by atoms with Crippen LogP contribution >= 0.6 is 0 Å². The Hall–Kier alpha value is -2.51. The van der Waals surface area contributed by atoms with Crippen LogP contribution in [-0.2, 0) is 4.74 Å². The Morgan fingerprint density at radius 1 is 1.13 bits per heavy atom. The van der Waals surface area contributed by atoms with Crippen molar-refractivity contribution in [3.63, 3.8) is 0 Å². The van der Waals surface area contributed by atoms with Crippen molar-refractivity contribution in [2.24, 2.45) is 5.92 Å². The van der Waals surface area contributed by atoms with Gasteiger partial charge in [-0.2, -0.15) is 0 Å². The first kappa shape index (κ1) is 23.2. The molecule has 5 nitrogen and oxygen atoms in total. The molecule has 2 aromatic rings. The third-order valence-corrected chi connectivity index (χ3v) is 6.25. The predicted molar refractivity (Wildman–Crippen MR) is 113 cm³/mol. The third kappa shape index (κ3) is 4.88. The van der Waals surface area contributed by atoms with Gasteiger partial charge in [0.05, 0.1) is 18.8 Å². The highest BCUT2D eigenvalue weighted by atomic mass is 19.1. The number of benzene rings is 2. The highest BCUT2D eigenvalue weighted by Crippen LogP contribution is 2.38. The van der Waals surface area contributed by atoms with E-state index in [4.69, 9.17) is 4.74 Å². The summed E-state index contributed by atoms with van der Waals surface area (Å²) in [5.74, 6) is -1.27. The van der Waals surface area contributed by atoms with Crippen molar-refractivity contribution in [2.75, 3.05) is 13.2 Å². The van der Waals surface area contributed by atoms with Crippen LogP contribution in [0.5, 0.6) is 0 Å². The molecule has 1 aliphatic heterocycles. The van der Waals surface area contributed by atoms with E-state index in [0.29, 0.717) is 24.1 Å². The molecule has 0 saturated carbocycles. The van der Waals surface area contributed by atoms with Gasteiger partial charge in [-0.15, -0.1) is 0 Å². The molecule has 3 rings (SSSR count). The van der Waals surface area contributed by atoms with Crippen LogP contribution in [0.15, 0.2) is 42.5 Å². The Morgan fingerprint density at radius 3 is 2.35 bits per heavy atom. The van der Waals surface area contributed by atoms with Gasteiger partial charge in [0.2, 0.25) is 0 Å². The number of cyclic esters (lactones) is 1. The molecule has 0 spiro atoms. The van der Waals surface area contributed by atoms with Crippen LogP contribution in [0.1, 0.15) is 45.2 Å². The zero-order chi connectivity index (χ0) is 22.8. The third-order valence-electron chi connectivity index (χ3n) is 6.25. The van der Waals surface area contributed by atoms with Gasteiger partial charge in [0.1, 0.15) is 17.2 Å². The molecule has 2 N–H and O–H groups in total. The maximum atomic E-state index is 14.0. The van der Waals surface area contributed by atoms with E-state index in [2.05, 4.69) is 0 Å².